The Balaban J connectivity index is 1.71. The van der Waals surface area contributed by atoms with Crippen molar-refractivity contribution in [3.05, 3.63) is 71.3 Å². The molecule has 3 aromatic rings. The highest BCUT2D eigenvalue weighted by Crippen LogP contribution is 2.26. The van der Waals surface area contributed by atoms with Gasteiger partial charge in [0.25, 0.3) is 5.76 Å². The second-order valence-corrected chi connectivity index (χ2v) is 7.23. The van der Waals surface area contributed by atoms with Crippen molar-refractivity contribution in [3.8, 4) is 5.69 Å². The second-order valence-electron chi connectivity index (χ2n) is 6.17. The summed E-state index contributed by atoms with van der Waals surface area (Å²) in [5.74, 6) is -3.05. The molecule has 0 atom stereocenters. The first-order valence-electron chi connectivity index (χ1n) is 8.49. The van der Waals surface area contributed by atoms with Gasteiger partial charge in [0.2, 0.25) is 5.91 Å². The maximum atomic E-state index is 13.1. The summed E-state index contributed by atoms with van der Waals surface area (Å²) >= 11 is 0.454. The summed E-state index contributed by atoms with van der Waals surface area (Å²) in [6, 6.07) is 12.2. The van der Waals surface area contributed by atoms with E-state index in [0.29, 0.717) is 33.7 Å². The number of aromatic nitrogens is 2. The molecular weight excluding hydrogens is 387 g/mol. The number of amides is 1. The van der Waals surface area contributed by atoms with Gasteiger partial charge in [0, 0.05) is 21.8 Å². The van der Waals surface area contributed by atoms with Gasteiger partial charge in [-0.15, -0.1) is 0 Å². The molecule has 0 aliphatic rings. The molecular formula is C20H18F3N3OS. The van der Waals surface area contributed by atoms with Crippen LogP contribution in [0.2, 0.25) is 0 Å². The lowest BCUT2D eigenvalue weighted by atomic mass is 10.1. The Morgan fingerprint density at radius 2 is 1.75 bits per heavy atom. The molecule has 0 saturated carbocycles. The van der Waals surface area contributed by atoms with E-state index in [9.17, 15) is 18.0 Å². The van der Waals surface area contributed by atoms with Gasteiger partial charge >= 0.3 is 0 Å². The molecule has 1 aromatic heterocycles. The third-order valence-electron chi connectivity index (χ3n) is 4.21. The summed E-state index contributed by atoms with van der Waals surface area (Å²) in [7, 11) is 0. The van der Waals surface area contributed by atoms with Crippen molar-refractivity contribution in [1.29, 1.82) is 0 Å². The highest BCUT2D eigenvalue weighted by atomic mass is 32.2. The average Bonchev–Trinajstić information content (AvgIpc) is 2.92. The number of benzene rings is 2. The number of alkyl halides is 2. The van der Waals surface area contributed by atoms with Crippen molar-refractivity contribution >= 4 is 23.4 Å². The van der Waals surface area contributed by atoms with E-state index < -0.39 is 5.76 Å². The molecule has 28 heavy (non-hydrogen) atoms. The molecule has 0 radical (unpaired) electrons. The fourth-order valence-electron chi connectivity index (χ4n) is 2.85. The standard InChI is InChI=1S/C20H18F3N3OS/c1-12-18(13(2)26(25-12)16-7-3-14(21)4-8-16)11-19(27)24-15-5-9-17(10-6-15)28-20(22)23/h3-10,20H,11H2,1-2H3,(H,24,27). The molecule has 0 aliphatic heterocycles. The van der Waals surface area contributed by atoms with Crippen LogP contribution in [0.5, 0.6) is 0 Å². The Morgan fingerprint density at radius 1 is 1.11 bits per heavy atom. The molecule has 0 aliphatic carbocycles. The van der Waals surface area contributed by atoms with Crippen LogP contribution in [-0.4, -0.2) is 21.4 Å². The summed E-state index contributed by atoms with van der Waals surface area (Å²) in [5.41, 5.74) is 3.53. The number of carbonyl (C=O) groups excluding carboxylic acids is 1. The van der Waals surface area contributed by atoms with Crippen LogP contribution in [0.3, 0.4) is 0 Å². The molecule has 1 heterocycles. The fourth-order valence-corrected chi connectivity index (χ4v) is 3.35. The lowest BCUT2D eigenvalue weighted by molar-refractivity contribution is -0.115. The molecule has 8 heteroatoms. The summed E-state index contributed by atoms with van der Waals surface area (Å²) in [6.45, 7) is 3.66. The third-order valence-corrected chi connectivity index (χ3v) is 4.94. The molecule has 1 N–H and O–H groups in total. The van der Waals surface area contributed by atoms with Crippen molar-refractivity contribution in [1.82, 2.24) is 9.78 Å². The minimum atomic E-state index is -2.48. The van der Waals surface area contributed by atoms with Crippen LogP contribution in [-0.2, 0) is 11.2 Å². The number of carbonyl (C=O) groups is 1. The third kappa shape index (κ3) is 4.75. The summed E-state index contributed by atoms with van der Waals surface area (Å²) < 4.78 is 39.5. The highest BCUT2D eigenvalue weighted by Gasteiger charge is 2.16. The Hall–Kier alpha value is -2.74. The zero-order valence-corrected chi connectivity index (χ0v) is 16.1. The Morgan fingerprint density at radius 3 is 2.36 bits per heavy atom. The molecule has 2 aromatic carbocycles. The number of halogens is 3. The Labute approximate surface area is 164 Å². The van der Waals surface area contributed by atoms with Crippen LogP contribution in [0.1, 0.15) is 17.0 Å². The normalized spacial score (nSPS) is 11.1. The van der Waals surface area contributed by atoms with Crippen molar-refractivity contribution in [2.75, 3.05) is 5.32 Å². The van der Waals surface area contributed by atoms with E-state index in [-0.39, 0.29) is 18.1 Å². The number of thioether (sulfide) groups is 1. The molecule has 0 unspecified atom stereocenters. The van der Waals surface area contributed by atoms with Crippen LogP contribution >= 0.6 is 11.8 Å². The van der Waals surface area contributed by atoms with Gasteiger partial charge in [-0.2, -0.15) is 13.9 Å². The molecule has 0 fully saturated rings. The van der Waals surface area contributed by atoms with Gasteiger partial charge in [0.15, 0.2) is 0 Å². The van der Waals surface area contributed by atoms with E-state index in [1.165, 1.54) is 24.3 Å². The van der Waals surface area contributed by atoms with E-state index in [0.717, 1.165) is 11.3 Å². The minimum Gasteiger partial charge on any atom is -0.326 e. The second kappa shape index (κ2) is 8.52. The zero-order chi connectivity index (χ0) is 20.3. The first-order chi connectivity index (χ1) is 13.3. The largest absolute Gasteiger partial charge is 0.326 e. The van der Waals surface area contributed by atoms with Gasteiger partial charge < -0.3 is 5.32 Å². The van der Waals surface area contributed by atoms with Crippen LogP contribution in [0, 0.1) is 19.7 Å². The fraction of sp³-hybridized carbons (Fsp3) is 0.200. The monoisotopic (exact) mass is 405 g/mol. The average molecular weight is 405 g/mol. The topological polar surface area (TPSA) is 46.9 Å². The molecule has 146 valence electrons. The number of nitrogens with zero attached hydrogens (tertiary/aromatic N) is 2. The van der Waals surface area contributed by atoms with Gasteiger partial charge in [-0.25, -0.2) is 9.07 Å². The SMILES string of the molecule is Cc1nn(-c2ccc(F)cc2)c(C)c1CC(=O)Nc1ccc(SC(F)F)cc1. The predicted octanol–water partition coefficient (Wildman–Crippen LogP) is 5.12. The summed E-state index contributed by atoms with van der Waals surface area (Å²) in [4.78, 5) is 12.8. The number of aryl methyl sites for hydroxylation is 1. The molecule has 1 amide bonds. The van der Waals surface area contributed by atoms with Crippen molar-refractivity contribution in [3.63, 3.8) is 0 Å². The number of hydrogen-bond donors (Lipinski definition) is 1. The zero-order valence-electron chi connectivity index (χ0n) is 15.2. The van der Waals surface area contributed by atoms with Crippen LogP contribution in [0.25, 0.3) is 5.69 Å². The first kappa shape index (κ1) is 20.0. The van der Waals surface area contributed by atoms with Gasteiger partial charge in [0.1, 0.15) is 5.82 Å². The van der Waals surface area contributed by atoms with Gasteiger partial charge in [-0.05, 0) is 62.4 Å². The van der Waals surface area contributed by atoms with Gasteiger partial charge in [-0.3, -0.25) is 4.79 Å². The molecule has 0 saturated heterocycles. The maximum absolute atomic E-state index is 13.1. The van der Waals surface area contributed by atoms with E-state index in [1.807, 2.05) is 13.8 Å². The predicted molar refractivity (Wildman–Crippen MR) is 104 cm³/mol. The first-order valence-corrected chi connectivity index (χ1v) is 9.37. The lowest BCUT2D eigenvalue weighted by Crippen LogP contribution is -2.15. The van der Waals surface area contributed by atoms with E-state index >= 15 is 0 Å². The van der Waals surface area contributed by atoms with Crippen LogP contribution < -0.4 is 5.32 Å². The van der Waals surface area contributed by atoms with Crippen LogP contribution in [0.4, 0.5) is 18.9 Å². The smallest absolute Gasteiger partial charge is 0.288 e. The summed E-state index contributed by atoms with van der Waals surface area (Å²) in [5, 5.41) is 7.21. The minimum absolute atomic E-state index is 0.117. The van der Waals surface area contributed by atoms with E-state index in [4.69, 9.17) is 0 Å². The lowest BCUT2D eigenvalue weighted by Gasteiger charge is -2.08. The van der Waals surface area contributed by atoms with Crippen molar-refractivity contribution in [2.45, 2.75) is 30.9 Å². The van der Waals surface area contributed by atoms with E-state index in [2.05, 4.69) is 10.4 Å². The quantitative estimate of drug-likeness (QED) is 0.579. The van der Waals surface area contributed by atoms with Gasteiger partial charge in [-0.1, -0.05) is 11.8 Å². The number of anilines is 1. The summed E-state index contributed by atoms with van der Waals surface area (Å²) in [6.07, 6.45) is 0.117. The molecule has 0 spiro atoms. The van der Waals surface area contributed by atoms with Crippen LogP contribution in [0.15, 0.2) is 53.4 Å². The van der Waals surface area contributed by atoms with Crippen molar-refractivity contribution < 1.29 is 18.0 Å². The van der Waals surface area contributed by atoms with Crippen molar-refractivity contribution in [2.24, 2.45) is 0 Å². The van der Waals surface area contributed by atoms with E-state index in [1.54, 1.807) is 28.9 Å². The molecule has 4 nitrogen and oxygen atoms in total. The number of nitrogens with one attached hydrogen (secondary N) is 1. The maximum Gasteiger partial charge on any atom is 0.288 e. The highest BCUT2D eigenvalue weighted by molar-refractivity contribution is 7.99. The number of rotatable bonds is 6. The molecule has 0 bridgehead atoms. The number of hydrogen-bond acceptors (Lipinski definition) is 3. The molecule has 3 rings (SSSR count). The van der Waals surface area contributed by atoms with Gasteiger partial charge in [0.05, 0.1) is 17.8 Å². The Bertz CT molecular complexity index is 970. The Kier molecular flexibility index (Phi) is 6.08.